The number of hydrogen-bond acceptors (Lipinski definition) is 4. The van der Waals surface area contributed by atoms with Crippen LogP contribution >= 0.6 is 0 Å². The van der Waals surface area contributed by atoms with Crippen molar-refractivity contribution in [1.82, 2.24) is 4.90 Å². The van der Waals surface area contributed by atoms with Gasteiger partial charge in [0.05, 0.1) is 5.69 Å². The summed E-state index contributed by atoms with van der Waals surface area (Å²) in [5.74, 6) is -1.09. The fourth-order valence-corrected chi connectivity index (χ4v) is 4.30. The van der Waals surface area contributed by atoms with Gasteiger partial charge in [-0.3, -0.25) is 14.7 Å². The minimum atomic E-state index is -0.565. The molecule has 2 aliphatic heterocycles. The zero-order valence-corrected chi connectivity index (χ0v) is 17.9. The van der Waals surface area contributed by atoms with Gasteiger partial charge in [-0.15, -0.1) is 0 Å². The van der Waals surface area contributed by atoms with Crippen molar-refractivity contribution in [3.05, 3.63) is 53.3 Å². The van der Waals surface area contributed by atoms with Gasteiger partial charge in [0.2, 0.25) is 5.91 Å². The minimum absolute atomic E-state index is 0.174. The highest BCUT2D eigenvalue weighted by atomic mass is 19.1. The molecule has 30 heavy (non-hydrogen) atoms. The van der Waals surface area contributed by atoms with Crippen LogP contribution in [0.2, 0.25) is 0 Å². The predicted octanol–water partition coefficient (Wildman–Crippen LogP) is 4.49. The molecule has 1 fully saturated rings. The molecular formula is C24H29FN4O. The molecule has 5 nitrogen and oxygen atoms in total. The number of nitrogens with zero attached hydrogens (tertiary/aromatic N) is 3. The first-order chi connectivity index (χ1) is 14.5. The first-order valence-corrected chi connectivity index (χ1v) is 10.7. The minimum Gasteiger partial charge on any atom is -0.369 e. The van der Waals surface area contributed by atoms with Gasteiger partial charge in [0.25, 0.3) is 0 Å². The number of fused-ring (bicyclic) bond motifs is 1. The second-order valence-corrected chi connectivity index (χ2v) is 8.23. The summed E-state index contributed by atoms with van der Waals surface area (Å²) in [7, 11) is 0. The van der Waals surface area contributed by atoms with Crippen LogP contribution in [-0.4, -0.2) is 49.2 Å². The van der Waals surface area contributed by atoms with E-state index in [-0.39, 0.29) is 11.7 Å². The Morgan fingerprint density at radius 1 is 1.20 bits per heavy atom. The second-order valence-electron chi connectivity index (χ2n) is 8.23. The maximum absolute atomic E-state index is 13.6. The van der Waals surface area contributed by atoms with E-state index in [1.165, 1.54) is 29.8 Å². The van der Waals surface area contributed by atoms with E-state index < -0.39 is 5.92 Å². The second kappa shape index (κ2) is 8.56. The molecule has 1 saturated heterocycles. The Morgan fingerprint density at radius 3 is 2.67 bits per heavy atom. The van der Waals surface area contributed by atoms with Gasteiger partial charge in [0.1, 0.15) is 11.7 Å². The third-order valence-corrected chi connectivity index (χ3v) is 6.31. The molecule has 2 heterocycles. The summed E-state index contributed by atoms with van der Waals surface area (Å²) in [5, 5.41) is 2.78. The van der Waals surface area contributed by atoms with Crippen molar-refractivity contribution in [1.29, 1.82) is 0 Å². The van der Waals surface area contributed by atoms with E-state index in [4.69, 9.17) is 0 Å². The molecule has 2 aromatic carbocycles. The van der Waals surface area contributed by atoms with E-state index in [2.05, 4.69) is 46.9 Å². The third-order valence-electron chi connectivity index (χ3n) is 6.31. The summed E-state index contributed by atoms with van der Waals surface area (Å²) >= 11 is 0. The Balaban J connectivity index is 1.46. The fraction of sp³-hybridized carbons (Fsp3) is 0.417. The molecule has 2 unspecified atom stereocenters. The van der Waals surface area contributed by atoms with Crippen molar-refractivity contribution in [2.45, 2.75) is 39.2 Å². The fourth-order valence-electron chi connectivity index (χ4n) is 4.30. The number of halogens is 1. The lowest BCUT2D eigenvalue weighted by molar-refractivity contribution is -0.115. The Bertz CT molecular complexity index is 966. The largest absolute Gasteiger partial charge is 0.369 e. The van der Waals surface area contributed by atoms with Gasteiger partial charge < -0.3 is 10.2 Å². The molecule has 0 aliphatic carbocycles. The number of piperazine rings is 1. The number of benzene rings is 2. The smallest absolute Gasteiger partial charge is 0.237 e. The molecule has 2 aromatic rings. The number of carbonyl (C=O) groups is 1. The van der Waals surface area contributed by atoms with Crippen LogP contribution in [0, 0.1) is 12.7 Å². The van der Waals surface area contributed by atoms with Gasteiger partial charge in [-0.05, 0) is 67.8 Å². The van der Waals surface area contributed by atoms with Crippen LogP contribution in [0.25, 0.3) is 0 Å². The Hall–Kier alpha value is -2.73. The number of hydrogen-bond donors (Lipinski definition) is 1. The normalized spacial score (nSPS) is 20.5. The molecule has 2 aliphatic rings. The number of rotatable bonds is 5. The quantitative estimate of drug-likeness (QED) is 0.742. The molecule has 0 spiro atoms. The lowest BCUT2D eigenvalue weighted by Gasteiger charge is -2.39. The zero-order chi connectivity index (χ0) is 21.3. The molecule has 0 bridgehead atoms. The van der Waals surface area contributed by atoms with E-state index in [1.807, 2.05) is 12.1 Å². The summed E-state index contributed by atoms with van der Waals surface area (Å²) < 4.78 is 13.6. The summed E-state index contributed by atoms with van der Waals surface area (Å²) in [6.07, 6.45) is 2.79. The maximum Gasteiger partial charge on any atom is 0.237 e. The average Bonchev–Trinajstić information content (AvgIpc) is 3.06. The Kier molecular flexibility index (Phi) is 5.86. The molecule has 2 atom stereocenters. The number of anilines is 2. The molecule has 1 N–H and O–H groups in total. The maximum atomic E-state index is 13.6. The van der Waals surface area contributed by atoms with Crippen LogP contribution in [0.3, 0.4) is 0 Å². The molecule has 0 saturated carbocycles. The van der Waals surface area contributed by atoms with Gasteiger partial charge in [0.15, 0.2) is 0 Å². The Morgan fingerprint density at radius 2 is 1.97 bits per heavy atom. The van der Waals surface area contributed by atoms with E-state index in [1.54, 1.807) is 12.3 Å². The van der Waals surface area contributed by atoms with Crippen molar-refractivity contribution in [3.63, 3.8) is 0 Å². The molecular weight excluding hydrogens is 379 g/mol. The molecule has 1 amide bonds. The number of nitrogens with one attached hydrogen (secondary N) is 1. The molecule has 0 radical (unpaired) electrons. The van der Waals surface area contributed by atoms with Crippen LogP contribution in [0.15, 0.2) is 41.4 Å². The van der Waals surface area contributed by atoms with Crippen LogP contribution in [0.1, 0.15) is 37.3 Å². The summed E-state index contributed by atoms with van der Waals surface area (Å²) in [4.78, 5) is 21.8. The highest BCUT2D eigenvalue weighted by molar-refractivity contribution is 6.12. The van der Waals surface area contributed by atoms with Gasteiger partial charge in [-0.2, -0.15) is 0 Å². The number of aryl methyl sites for hydroxylation is 1. The summed E-state index contributed by atoms with van der Waals surface area (Å²) in [5.41, 5.74) is 4.50. The monoisotopic (exact) mass is 408 g/mol. The van der Waals surface area contributed by atoms with E-state index in [0.29, 0.717) is 17.3 Å². The highest BCUT2D eigenvalue weighted by Crippen LogP contribution is 2.33. The van der Waals surface area contributed by atoms with Crippen LogP contribution in [0.5, 0.6) is 0 Å². The van der Waals surface area contributed by atoms with Gasteiger partial charge in [-0.25, -0.2) is 4.39 Å². The molecule has 4 rings (SSSR count). The SMILES string of the molecule is CCC(C)N1CCN(c2ccc(N=CC3C(=O)Nc4ccc(F)cc43)cc2C)CC1. The van der Waals surface area contributed by atoms with Gasteiger partial charge in [-0.1, -0.05) is 6.92 Å². The van der Waals surface area contributed by atoms with Crippen LogP contribution in [0.4, 0.5) is 21.5 Å². The van der Waals surface area contributed by atoms with E-state index in [0.717, 1.165) is 31.9 Å². The zero-order valence-electron chi connectivity index (χ0n) is 17.9. The van der Waals surface area contributed by atoms with Gasteiger partial charge in [0, 0.05) is 49.8 Å². The molecule has 6 heteroatoms. The topological polar surface area (TPSA) is 47.9 Å². The van der Waals surface area contributed by atoms with Crippen LogP contribution < -0.4 is 10.2 Å². The number of aliphatic imine (C=N–C) groups is 1. The lowest BCUT2D eigenvalue weighted by Crippen LogP contribution is -2.49. The highest BCUT2D eigenvalue weighted by Gasteiger charge is 2.29. The van der Waals surface area contributed by atoms with Gasteiger partial charge >= 0.3 is 0 Å². The predicted molar refractivity (Wildman–Crippen MR) is 121 cm³/mol. The van der Waals surface area contributed by atoms with Crippen LogP contribution in [-0.2, 0) is 4.79 Å². The van der Waals surface area contributed by atoms with Crippen molar-refractivity contribution in [3.8, 4) is 0 Å². The summed E-state index contributed by atoms with van der Waals surface area (Å²) in [6.45, 7) is 10.9. The lowest BCUT2D eigenvalue weighted by atomic mass is 10.0. The third kappa shape index (κ3) is 4.10. The van der Waals surface area contributed by atoms with E-state index >= 15 is 0 Å². The van der Waals surface area contributed by atoms with Crippen molar-refractivity contribution in [2.24, 2.45) is 4.99 Å². The average molecular weight is 409 g/mol. The molecule has 0 aromatic heterocycles. The van der Waals surface area contributed by atoms with Crippen molar-refractivity contribution in [2.75, 3.05) is 36.4 Å². The van der Waals surface area contributed by atoms with E-state index in [9.17, 15) is 9.18 Å². The van der Waals surface area contributed by atoms with Crippen molar-refractivity contribution >= 4 is 29.2 Å². The molecule has 158 valence electrons. The summed E-state index contributed by atoms with van der Waals surface area (Å²) in [6, 6.07) is 11.1. The Labute approximate surface area is 177 Å². The first kappa shape index (κ1) is 20.5. The standard InChI is InChI=1S/C24H29FN4O/c1-4-17(3)28-9-11-29(12-10-28)23-8-6-19(13-16(23)2)26-15-21-20-14-18(25)5-7-22(20)27-24(21)30/h5-8,13-15,17,21H,4,9-12H2,1-3H3,(H,27,30). The number of amides is 1. The number of carbonyl (C=O) groups excluding carboxylic acids is 1. The first-order valence-electron chi connectivity index (χ1n) is 10.7. The van der Waals surface area contributed by atoms with Crippen molar-refractivity contribution < 1.29 is 9.18 Å².